The van der Waals surface area contributed by atoms with E-state index in [0.29, 0.717) is 38.7 Å². The number of hydrogen-bond donors (Lipinski definition) is 0. The van der Waals surface area contributed by atoms with Gasteiger partial charge in [-0.3, -0.25) is 9.59 Å². The maximum absolute atomic E-state index is 13.0. The van der Waals surface area contributed by atoms with Crippen molar-refractivity contribution in [1.82, 2.24) is 9.80 Å². The SMILES string of the molecule is CCN(CC1COc2ccccc2O1)C(=O)C1CCN(C(=O)C2CC2)CC1. The second-order valence-corrected chi connectivity index (χ2v) is 7.75. The van der Waals surface area contributed by atoms with E-state index in [1.165, 1.54) is 0 Å². The average Bonchev–Trinajstić information content (AvgIpc) is 3.56. The minimum absolute atomic E-state index is 0.00463. The van der Waals surface area contributed by atoms with Crippen LogP contribution in [-0.2, 0) is 9.59 Å². The molecule has 27 heavy (non-hydrogen) atoms. The molecule has 146 valence electrons. The van der Waals surface area contributed by atoms with Crippen molar-refractivity contribution in [2.45, 2.75) is 38.7 Å². The highest BCUT2D eigenvalue weighted by Gasteiger charge is 2.37. The summed E-state index contributed by atoms with van der Waals surface area (Å²) in [6.45, 7) is 5.06. The molecular weight excluding hydrogens is 344 g/mol. The molecule has 1 saturated heterocycles. The number of nitrogens with zero attached hydrogens (tertiary/aromatic N) is 2. The third-order valence-electron chi connectivity index (χ3n) is 5.77. The molecule has 2 aliphatic heterocycles. The number of likely N-dealkylation sites (tertiary alicyclic amines) is 1. The highest BCUT2D eigenvalue weighted by molar-refractivity contribution is 5.82. The number of piperidine rings is 1. The van der Waals surface area contributed by atoms with Gasteiger partial charge in [0.05, 0.1) is 6.54 Å². The van der Waals surface area contributed by atoms with E-state index in [4.69, 9.17) is 9.47 Å². The van der Waals surface area contributed by atoms with Crippen LogP contribution in [0.3, 0.4) is 0 Å². The summed E-state index contributed by atoms with van der Waals surface area (Å²) in [5.74, 6) is 2.24. The maximum atomic E-state index is 13.0. The third-order valence-corrected chi connectivity index (χ3v) is 5.77. The summed E-state index contributed by atoms with van der Waals surface area (Å²) in [4.78, 5) is 29.0. The minimum atomic E-state index is -0.152. The lowest BCUT2D eigenvalue weighted by molar-refractivity contribution is -0.142. The summed E-state index contributed by atoms with van der Waals surface area (Å²) in [7, 11) is 0. The van der Waals surface area contributed by atoms with E-state index in [1.807, 2.05) is 41.0 Å². The molecule has 1 aromatic carbocycles. The van der Waals surface area contributed by atoms with Gasteiger partial charge in [-0.1, -0.05) is 12.1 Å². The number of para-hydroxylation sites is 2. The summed E-state index contributed by atoms with van der Waals surface area (Å²) in [6, 6.07) is 7.63. The van der Waals surface area contributed by atoms with Crippen LogP contribution in [0, 0.1) is 11.8 Å². The summed E-state index contributed by atoms with van der Waals surface area (Å²) in [5, 5.41) is 0. The lowest BCUT2D eigenvalue weighted by Gasteiger charge is -2.36. The first-order chi connectivity index (χ1) is 13.2. The smallest absolute Gasteiger partial charge is 0.225 e. The van der Waals surface area contributed by atoms with Gasteiger partial charge in [-0.25, -0.2) is 0 Å². The molecule has 4 rings (SSSR count). The molecule has 2 amide bonds. The Bertz CT molecular complexity index is 695. The van der Waals surface area contributed by atoms with Gasteiger partial charge in [0, 0.05) is 31.5 Å². The minimum Gasteiger partial charge on any atom is -0.486 e. The lowest BCUT2D eigenvalue weighted by Crippen LogP contribution is -2.48. The Labute approximate surface area is 160 Å². The number of rotatable bonds is 5. The highest BCUT2D eigenvalue weighted by atomic mass is 16.6. The normalized spacial score (nSPS) is 22.4. The molecule has 0 bridgehead atoms. The van der Waals surface area contributed by atoms with Gasteiger partial charge in [0.2, 0.25) is 11.8 Å². The zero-order valence-electron chi connectivity index (χ0n) is 15.9. The highest BCUT2D eigenvalue weighted by Crippen LogP contribution is 2.33. The molecule has 6 nitrogen and oxygen atoms in total. The van der Waals surface area contributed by atoms with Crippen molar-refractivity contribution >= 4 is 11.8 Å². The molecule has 0 N–H and O–H groups in total. The molecule has 0 radical (unpaired) electrons. The fraction of sp³-hybridized carbons (Fsp3) is 0.619. The Kier molecular flexibility index (Phi) is 5.23. The Morgan fingerprint density at radius 2 is 1.78 bits per heavy atom. The standard InChI is InChI=1S/C21H28N2O4/c1-2-22(13-17-14-26-18-5-3-4-6-19(18)27-17)20(24)16-9-11-23(12-10-16)21(25)15-7-8-15/h3-6,15-17H,2,7-14H2,1H3. The Morgan fingerprint density at radius 3 is 2.44 bits per heavy atom. The first kappa shape index (κ1) is 18.1. The molecule has 1 atom stereocenters. The monoisotopic (exact) mass is 372 g/mol. The number of ether oxygens (including phenoxy) is 2. The first-order valence-corrected chi connectivity index (χ1v) is 10.1. The van der Waals surface area contributed by atoms with E-state index in [2.05, 4.69) is 0 Å². The Balaban J connectivity index is 1.30. The van der Waals surface area contributed by atoms with Gasteiger partial charge in [0.15, 0.2) is 17.6 Å². The first-order valence-electron chi connectivity index (χ1n) is 10.1. The predicted octanol–water partition coefficient (Wildman–Crippen LogP) is 2.32. The molecule has 0 aromatic heterocycles. The number of hydrogen-bond acceptors (Lipinski definition) is 4. The van der Waals surface area contributed by atoms with Crippen LogP contribution in [0.5, 0.6) is 11.5 Å². The van der Waals surface area contributed by atoms with Gasteiger partial charge in [-0.15, -0.1) is 0 Å². The molecule has 1 saturated carbocycles. The second kappa shape index (κ2) is 7.79. The van der Waals surface area contributed by atoms with Gasteiger partial charge < -0.3 is 19.3 Å². The van der Waals surface area contributed by atoms with Crippen molar-refractivity contribution in [1.29, 1.82) is 0 Å². The van der Waals surface area contributed by atoms with E-state index in [1.54, 1.807) is 0 Å². The molecule has 1 aromatic rings. The third kappa shape index (κ3) is 4.04. The zero-order valence-corrected chi connectivity index (χ0v) is 15.9. The Morgan fingerprint density at radius 1 is 1.07 bits per heavy atom. The van der Waals surface area contributed by atoms with Crippen molar-refractivity contribution < 1.29 is 19.1 Å². The van der Waals surface area contributed by atoms with Crippen LogP contribution in [-0.4, -0.2) is 60.5 Å². The molecule has 6 heteroatoms. The van der Waals surface area contributed by atoms with Crippen LogP contribution in [0.25, 0.3) is 0 Å². The number of carbonyl (C=O) groups is 2. The van der Waals surface area contributed by atoms with Crippen molar-refractivity contribution in [2.24, 2.45) is 11.8 Å². The van der Waals surface area contributed by atoms with E-state index in [-0.39, 0.29) is 23.8 Å². The topological polar surface area (TPSA) is 59.1 Å². The van der Waals surface area contributed by atoms with Crippen LogP contribution in [0.1, 0.15) is 32.6 Å². The summed E-state index contributed by atoms with van der Waals surface area (Å²) >= 11 is 0. The largest absolute Gasteiger partial charge is 0.486 e. The van der Waals surface area contributed by atoms with Crippen molar-refractivity contribution in [3.63, 3.8) is 0 Å². The molecule has 0 spiro atoms. The maximum Gasteiger partial charge on any atom is 0.225 e. The van der Waals surface area contributed by atoms with Crippen molar-refractivity contribution in [2.75, 3.05) is 32.8 Å². The lowest BCUT2D eigenvalue weighted by atomic mass is 9.94. The van der Waals surface area contributed by atoms with Crippen LogP contribution >= 0.6 is 0 Å². The van der Waals surface area contributed by atoms with Crippen LogP contribution < -0.4 is 9.47 Å². The van der Waals surface area contributed by atoms with Gasteiger partial charge in [0.1, 0.15) is 6.61 Å². The predicted molar refractivity (Wildman–Crippen MR) is 101 cm³/mol. The van der Waals surface area contributed by atoms with Gasteiger partial charge >= 0.3 is 0 Å². The van der Waals surface area contributed by atoms with Gasteiger partial charge in [-0.05, 0) is 44.7 Å². The molecule has 2 fully saturated rings. The van der Waals surface area contributed by atoms with Gasteiger partial charge in [-0.2, -0.15) is 0 Å². The van der Waals surface area contributed by atoms with Crippen LogP contribution in [0.15, 0.2) is 24.3 Å². The zero-order chi connectivity index (χ0) is 18.8. The van der Waals surface area contributed by atoms with E-state index in [0.717, 1.165) is 37.2 Å². The van der Waals surface area contributed by atoms with Crippen molar-refractivity contribution in [3.8, 4) is 11.5 Å². The fourth-order valence-electron chi connectivity index (χ4n) is 3.97. The fourth-order valence-corrected chi connectivity index (χ4v) is 3.97. The van der Waals surface area contributed by atoms with E-state index < -0.39 is 0 Å². The van der Waals surface area contributed by atoms with Crippen molar-refractivity contribution in [3.05, 3.63) is 24.3 Å². The number of fused-ring (bicyclic) bond motifs is 1. The number of benzene rings is 1. The van der Waals surface area contributed by atoms with Crippen LogP contribution in [0.4, 0.5) is 0 Å². The number of likely N-dealkylation sites (N-methyl/N-ethyl adjacent to an activating group) is 1. The second-order valence-electron chi connectivity index (χ2n) is 7.75. The number of carbonyl (C=O) groups excluding carboxylic acids is 2. The number of amides is 2. The molecule has 1 aliphatic carbocycles. The summed E-state index contributed by atoms with van der Waals surface area (Å²) < 4.78 is 11.8. The average molecular weight is 372 g/mol. The van der Waals surface area contributed by atoms with Crippen LogP contribution in [0.2, 0.25) is 0 Å². The van der Waals surface area contributed by atoms with E-state index in [9.17, 15) is 9.59 Å². The summed E-state index contributed by atoms with van der Waals surface area (Å²) in [5.41, 5.74) is 0. The van der Waals surface area contributed by atoms with Gasteiger partial charge in [0.25, 0.3) is 0 Å². The molecule has 3 aliphatic rings. The summed E-state index contributed by atoms with van der Waals surface area (Å²) in [6.07, 6.45) is 3.44. The quantitative estimate of drug-likeness (QED) is 0.796. The molecule has 1 unspecified atom stereocenters. The molecule has 2 heterocycles. The Hall–Kier alpha value is -2.24. The van der Waals surface area contributed by atoms with E-state index >= 15 is 0 Å². The molecular formula is C21H28N2O4.